The zero-order chi connectivity index (χ0) is 16.0. The van der Waals surface area contributed by atoms with E-state index in [1.165, 1.54) is 27.4 Å². The lowest BCUT2D eigenvalue weighted by Gasteiger charge is -2.40. The van der Waals surface area contributed by atoms with Gasteiger partial charge in [-0.15, -0.1) is 0 Å². The fourth-order valence-corrected chi connectivity index (χ4v) is 7.36. The molecule has 0 saturated heterocycles. The summed E-state index contributed by atoms with van der Waals surface area (Å²) in [5.41, 5.74) is 5.47. The molecule has 2 aromatic rings. The normalized spacial score (nSPS) is 13.9. The summed E-state index contributed by atoms with van der Waals surface area (Å²) in [6.07, 6.45) is 0.971. The monoisotopic (exact) mass is 312 g/mol. The maximum absolute atomic E-state index is 6.08. The van der Waals surface area contributed by atoms with Crippen molar-refractivity contribution in [1.82, 2.24) is 0 Å². The van der Waals surface area contributed by atoms with Crippen LogP contribution in [-0.2, 0) is 15.3 Å². The van der Waals surface area contributed by atoms with E-state index in [9.17, 15) is 0 Å². The quantitative estimate of drug-likeness (QED) is 0.681. The van der Waals surface area contributed by atoms with E-state index in [1.54, 1.807) is 14.2 Å². The molecule has 1 aliphatic rings. The molecule has 2 aromatic carbocycles. The van der Waals surface area contributed by atoms with E-state index < -0.39 is 8.56 Å². The molecule has 0 heterocycles. The van der Waals surface area contributed by atoms with Crippen molar-refractivity contribution in [3.63, 3.8) is 0 Å². The highest BCUT2D eigenvalue weighted by molar-refractivity contribution is 6.84. The molecule has 2 nitrogen and oxygen atoms in total. The minimum atomic E-state index is -2.52. The second-order valence-electron chi connectivity index (χ2n) is 6.94. The molecule has 22 heavy (non-hydrogen) atoms. The average molecular weight is 312 g/mol. The van der Waals surface area contributed by atoms with Gasteiger partial charge in [-0.05, 0) is 33.9 Å². The lowest BCUT2D eigenvalue weighted by Crippen LogP contribution is -2.60. The zero-order valence-corrected chi connectivity index (χ0v) is 15.1. The van der Waals surface area contributed by atoms with Gasteiger partial charge in [0.25, 0.3) is 0 Å². The van der Waals surface area contributed by atoms with Crippen molar-refractivity contribution in [3.05, 3.63) is 53.6 Å². The largest absolute Gasteiger partial charge is 0.394 e. The Kier molecular flexibility index (Phi) is 3.75. The second-order valence-corrected chi connectivity index (χ2v) is 11.0. The van der Waals surface area contributed by atoms with E-state index in [1.807, 2.05) is 0 Å². The first-order valence-electron chi connectivity index (χ1n) is 7.75. The van der Waals surface area contributed by atoms with Crippen LogP contribution in [0.25, 0.3) is 11.1 Å². The first-order valence-corrected chi connectivity index (χ1v) is 9.57. The molecule has 116 valence electrons. The summed E-state index contributed by atoms with van der Waals surface area (Å²) >= 11 is 0. The third kappa shape index (κ3) is 2.08. The SMILES string of the molecule is CO[Si](OC)(c1cccc2c1Cc1ccccc1-2)C(C)(C)C. The van der Waals surface area contributed by atoms with Gasteiger partial charge in [0.1, 0.15) is 0 Å². The van der Waals surface area contributed by atoms with Crippen LogP contribution in [0.4, 0.5) is 0 Å². The lowest BCUT2D eigenvalue weighted by molar-refractivity contribution is 0.230. The minimum absolute atomic E-state index is 0.0413. The maximum atomic E-state index is 6.08. The minimum Gasteiger partial charge on any atom is -0.394 e. The summed E-state index contributed by atoms with van der Waals surface area (Å²) in [6, 6.07) is 15.2. The Morgan fingerprint density at radius 2 is 1.50 bits per heavy atom. The highest BCUT2D eigenvalue weighted by Gasteiger charge is 2.51. The van der Waals surface area contributed by atoms with Crippen LogP contribution in [0.15, 0.2) is 42.5 Å². The van der Waals surface area contributed by atoms with Gasteiger partial charge in [-0.1, -0.05) is 63.2 Å². The van der Waals surface area contributed by atoms with Gasteiger partial charge in [-0.25, -0.2) is 0 Å². The number of rotatable bonds is 3. The van der Waals surface area contributed by atoms with Crippen molar-refractivity contribution in [2.45, 2.75) is 32.2 Å². The first kappa shape index (κ1) is 15.5. The van der Waals surface area contributed by atoms with Gasteiger partial charge in [0.05, 0.1) is 0 Å². The molecule has 0 N–H and O–H groups in total. The summed E-state index contributed by atoms with van der Waals surface area (Å²) in [7, 11) is 1.07. The van der Waals surface area contributed by atoms with Crippen LogP contribution in [0.5, 0.6) is 0 Å². The highest BCUT2D eigenvalue weighted by atomic mass is 28.4. The molecule has 0 unspecified atom stereocenters. The lowest BCUT2D eigenvalue weighted by atomic mass is 10.1. The van der Waals surface area contributed by atoms with Crippen LogP contribution >= 0.6 is 0 Å². The summed E-state index contributed by atoms with van der Waals surface area (Å²) in [5, 5.41) is 1.24. The van der Waals surface area contributed by atoms with Gasteiger partial charge in [-0.3, -0.25) is 0 Å². The molecular formula is C19H24O2Si. The van der Waals surface area contributed by atoms with Gasteiger partial charge < -0.3 is 8.85 Å². The summed E-state index contributed by atoms with van der Waals surface area (Å²) in [5.74, 6) is 0. The predicted octanol–water partition coefficient (Wildman–Crippen LogP) is 4.00. The molecule has 0 aliphatic heterocycles. The van der Waals surface area contributed by atoms with Crippen molar-refractivity contribution in [2.24, 2.45) is 0 Å². The van der Waals surface area contributed by atoms with Crippen LogP contribution in [0.2, 0.25) is 5.04 Å². The zero-order valence-electron chi connectivity index (χ0n) is 14.1. The molecular weight excluding hydrogens is 288 g/mol. The Morgan fingerprint density at radius 1 is 0.864 bits per heavy atom. The van der Waals surface area contributed by atoms with E-state index in [0.717, 1.165) is 6.42 Å². The predicted molar refractivity (Wildman–Crippen MR) is 93.8 cm³/mol. The van der Waals surface area contributed by atoms with Gasteiger partial charge in [0.15, 0.2) is 0 Å². The fourth-order valence-electron chi connectivity index (χ4n) is 3.79. The molecule has 0 bridgehead atoms. The highest BCUT2D eigenvalue weighted by Crippen LogP contribution is 2.41. The third-order valence-electron chi connectivity index (χ3n) is 4.77. The molecule has 0 saturated carbocycles. The van der Waals surface area contributed by atoms with E-state index in [-0.39, 0.29) is 5.04 Å². The topological polar surface area (TPSA) is 18.5 Å². The third-order valence-corrected chi connectivity index (χ3v) is 9.07. The molecule has 3 heteroatoms. The number of hydrogen-bond donors (Lipinski definition) is 0. The smallest absolute Gasteiger partial charge is 0.377 e. The molecule has 0 amide bonds. The number of fused-ring (bicyclic) bond motifs is 3. The Labute approximate surface area is 134 Å². The van der Waals surface area contributed by atoms with Gasteiger partial charge in [0.2, 0.25) is 0 Å². The Hall–Kier alpha value is -1.42. The van der Waals surface area contributed by atoms with Crippen molar-refractivity contribution in [1.29, 1.82) is 0 Å². The number of hydrogen-bond acceptors (Lipinski definition) is 2. The van der Waals surface area contributed by atoms with Gasteiger partial charge in [-0.2, -0.15) is 0 Å². The van der Waals surface area contributed by atoms with E-state index >= 15 is 0 Å². The van der Waals surface area contributed by atoms with Crippen molar-refractivity contribution < 1.29 is 8.85 Å². The van der Waals surface area contributed by atoms with Crippen LogP contribution in [0.3, 0.4) is 0 Å². The second kappa shape index (κ2) is 5.34. The summed E-state index contributed by atoms with van der Waals surface area (Å²) in [4.78, 5) is 0. The van der Waals surface area contributed by atoms with Crippen molar-refractivity contribution in [3.8, 4) is 11.1 Å². The van der Waals surface area contributed by atoms with Crippen LogP contribution < -0.4 is 5.19 Å². The van der Waals surface area contributed by atoms with Crippen LogP contribution in [-0.4, -0.2) is 22.8 Å². The van der Waals surface area contributed by atoms with Crippen molar-refractivity contribution >= 4 is 13.7 Å². The fraction of sp³-hybridized carbons (Fsp3) is 0.368. The van der Waals surface area contributed by atoms with Gasteiger partial charge in [0, 0.05) is 19.3 Å². The molecule has 3 rings (SSSR count). The molecule has 0 spiro atoms. The van der Waals surface area contributed by atoms with Gasteiger partial charge >= 0.3 is 8.56 Å². The Morgan fingerprint density at radius 3 is 2.14 bits per heavy atom. The summed E-state index contributed by atoms with van der Waals surface area (Å²) in [6.45, 7) is 6.65. The van der Waals surface area contributed by atoms with Crippen LogP contribution in [0, 0.1) is 0 Å². The van der Waals surface area contributed by atoms with Crippen LogP contribution in [0.1, 0.15) is 31.9 Å². The van der Waals surface area contributed by atoms with Crippen molar-refractivity contribution in [2.75, 3.05) is 14.2 Å². The maximum Gasteiger partial charge on any atom is 0.377 e. The van der Waals surface area contributed by atoms with E-state index in [4.69, 9.17) is 8.85 Å². The average Bonchev–Trinajstić information content (AvgIpc) is 2.87. The van der Waals surface area contributed by atoms with E-state index in [2.05, 4.69) is 63.2 Å². The standard InChI is InChI=1S/C19H24O2Si/c1-19(2,3)22(20-4,21-5)18-12-8-11-16-15-10-7-6-9-14(15)13-17(16)18/h6-12H,13H2,1-5H3. The molecule has 1 aliphatic carbocycles. The molecule has 0 aromatic heterocycles. The first-order chi connectivity index (χ1) is 10.4. The molecule has 0 fully saturated rings. The Bertz CT molecular complexity index is 697. The summed E-state index contributed by atoms with van der Waals surface area (Å²) < 4.78 is 12.2. The molecule has 0 radical (unpaired) electrons. The Balaban J connectivity index is 2.23. The van der Waals surface area contributed by atoms with E-state index in [0.29, 0.717) is 0 Å². The molecule has 0 atom stereocenters. The number of benzene rings is 2.